The summed E-state index contributed by atoms with van der Waals surface area (Å²) in [4.78, 5) is 10.7. The highest BCUT2D eigenvalue weighted by Crippen LogP contribution is 2.31. The molecule has 1 aromatic rings. The van der Waals surface area contributed by atoms with E-state index in [1.807, 2.05) is 12.1 Å². The van der Waals surface area contributed by atoms with E-state index in [9.17, 15) is 4.79 Å². The molecule has 0 aromatic heterocycles. The largest absolute Gasteiger partial charge is 0.497 e. The first-order chi connectivity index (χ1) is 10.1. The summed E-state index contributed by atoms with van der Waals surface area (Å²) in [6.07, 6.45) is 7.32. The van der Waals surface area contributed by atoms with E-state index < -0.39 is 5.97 Å². The van der Waals surface area contributed by atoms with Gasteiger partial charge in [0.2, 0.25) is 0 Å². The first-order valence-corrected chi connectivity index (χ1v) is 7.34. The zero-order valence-corrected chi connectivity index (χ0v) is 12.5. The minimum atomic E-state index is -0.969. The molecule has 0 spiro atoms. The predicted octanol–water partition coefficient (Wildman–Crippen LogP) is 3.75. The molecule has 114 valence electrons. The van der Waals surface area contributed by atoms with Crippen molar-refractivity contribution in [3.63, 3.8) is 0 Å². The quantitative estimate of drug-likeness (QED) is 0.839. The van der Waals surface area contributed by atoms with Gasteiger partial charge in [0, 0.05) is 17.7 Å². The fraction of sp³-hybridized carbons (Fsp3) is 0.471. The van der Waals surface area contributed by atoms with Crippen LogP contribution >= 0.6 is 0 Å². The van der Waals surface area contributed by atoms with Crippen LogP contribution in [0.1, 0.15) is 38.2 Å². The summed E-state index contributed by atoms with van der Waals surface area (Å²) in [5.41, 5.74) is 0.761. The van der Waals surface area contributed by atoms with Gasteiger partial charge in [0.1, 0.15) is 11.5 Å². The Balaban J connectivity index is 2.16. The summed E-state index contributed by atoms with van der Waals surface area (Å²) in [6, 6.07) is 5.44. The summed E-state index contributed by atoms with van der Waals surface area (Å²) in [5.74, 6) is 1.19. The van der Waals surface area contributed by atoms with Gasteiger partial charge in [-0.2, -0.15) is 0 Å². The van der Waals surface area contributed by atoms with Crippen molar-refractivity contribution in [1.29, 1.82) is 0 Å². The smallest absolute Gasteiger partial charge is 0.328 e. The van der Waals surface area contributed by atoms with E-state index in [0.717, 1.165) is 30.4 Å². The van der Waals surface area contributed by atoms with Gasteiger partial charge in [-0.1, -0.05) is 6.92 Å². The Morgan fingerprint density at radius 2 is 2.00 bits per heavy atom. The predicted molar refractivity (Wildman–Crippen MR) is 81.7 cm³/mol. The summed E-state index contributed by atoms with van der Waals surface area (Å²) < 4.78 is 11.3. The van der Waals surface area contributed by atoms with Crippen molar-refractivity contribution < 1.29 is 19.4 Å². The number of carbonyl (C=O) groups is 1. The molecule has 1 aliphatic carbocycles. The van der Waals surface area contributed by atoms with Crippen molar-refractivity contribution in [2.75, 3.05) is 7.11 Å². The van der Waals surface area contributed by atoms with Gasteiger partial charge >= 0.3 is 5.97 Å². The number of methoxy groups -OCH3 is 1. The van der Waals surface area contributed by atoms with Crippen molar-refractivity contribution >= 4 is 12.0 Å². The first-order valence-electron chi connectivity index (χ1n) is 7.34. The van der Waals surface area contributed by atoms with Crippen LogP contribution in [0.4, 0.5) is 0 Å². The molecule has 2 rings (SSSR count). The molecule has 1 N–H and O–H groups in total. The molecular weight excluding hydrogens is 268 g/mol. The van der Waals surface area contributed by atoms with Crippen LogP contribution in [0, 0.1) is 5.92 Å². The van der Waals surface area contributed by atoms with Crippen LogP contribution in [-0.2, 0) is 4.79 Å². The summed E-state index contributed by atoms with van der Waals surface area (Å²) in [7, 11) is 1.61. The molecular formula is C17H22O4. The summed E-state index contributed by atoms with van der Waals surface area (Å²) in [5, 5.41) is 8.76. The Bertz CT molecular complexity index is 514. The third-order valence-electron chi connectivity index (χ3n) is 3.88. The minimum absolute atomic E-state index is 0.199. The average molecular weight is 290 g/mol. The summed E-state index contributed by atoms with van der Waals surface area (Å²) in [6.45, 7) is 2.27. The maximum absolute atomic E-state index is 10.7. The zero-order chi connectivity index (χ0) is 15.2. The van der Waals surface area contributed by atoms with Gasteiger partial charge in [0.15, 0.2) is 0 Å². The van der Waals surface area contributed by atoms with Crippen LogP contribution < -0.4 is 9.47 Å². The molecule has 0 aliphatic heterocycles. The Labute approximate surface area is 125 Å². The average Bonchev–Trinajstić information content (AvgIpc) is 2.48. The Morgan fingerprint density at radius 1 is 1.29 bits per heavy atom. The number of ether oxygens (including phenoxy) is 2. The number of rotatable bonds is 5. The van der Waals surface area contributed by atoms with Crippen LogP contribution in [0.15, 0.2) is 24.3 Å². The van der Waals surface area contributed by atoms with Crippen LogP contribution in [0.5, 0.6) is 11.5 Å². The molecule has 1 aromatic carbocycles. The lowest BCUT2D eigenvalue weighted by molar-refractivity contribution is -0.131. The van der Waals surface area contributed by atoms with E-state index in [4.69, 9.17) is 14.6 Å². The van der Waals surface area contributed by atoms with Crippen LogP contribution in [-0.4, -0.2) is 24.3 Å². The van der Waals surface area contributed by atoms with Crippen molar-refractivity contribution in [2.24, 2.45) is 5.92 Å². The highest BCUT2D eigenvalue weighted by molar-refractivity contribution is 5.86. The molecule has 1 fully saturated rings. The van der Waals surface area contributed by atoms with Crippen molar-refractivity contribution in [3.8, 4) is 11.5 Å². The van der Waals surface area contributed by atoms with Gasteiger partial charge in [0.25, 0.3) is 0 Å². The SMILES string of the molecule is COc1ccc(C=CC(=O)O)c(OC2CCC(C)CC2)c1. The molecule has 0 radical (unpaired) electrons. The number of aliphatic carboxylic acids is 1. The third-order valence-corrected chi connectivity index (χ3v) is 3.88. The molecule has 0 amide bonds. The minimum Gasteiger partial charge on any atom is -0.497 e. The molecule has 4 nitrogen and oxygen atoms in total. The lowest BCUT2D eigenvalue weighted by Gasteiger charge is -2.27. The molecule has 1 saturated carbocycles. The van der Waals surface area contributed by atoms with E-state index in [1.54, 1.807) is 19.3 Å². The van der Waals surface area contributed by atoms with E-state index in [1.165, 1.54) is 12.8 Å². The molecule has 0 unspecified atom stereocenters. The second-order valence-corrected chi connectivity index (χ2v) is 5.58. The van der Waals surface area contributed by atoms with Crippen LogP contribution in [0.25, 0.3) is 6.08 Å². The standard InChI is InChI=1S/C17H22O4/c1-12-3-7-14(8-4-12)21-16-11-15(20-2)9-5-13(16)6-10-17(18)19/h5-6,9-12,14H,3-4,7-8H2,1-2H3,(H,18,19). The molecule has 21 heavy (non-hydrogen) atoms. The Morgan fingerprint density at radius 3 is 2.62 bits per heavy atom. The maximum Gasteiger partial charge on any atom is 0.328 e. The van der Waals surface area contributed by atoms with Gasteiger partial charge in [-0.25, -0.2) is 4.79 Å². The van der Waals surface area contributed by atoms with E-state index in [-0.39, 0.29) is 6.10 Å². The monoisotopic (exact) mass is 290 g/mol. The van der Waals surface area contributed by atoms with Gasteiger partial charge in [-0.05, 0) is 49.8 Å². The number of hydrogen-bond acceptors (Lipinski definition) is 3. The maximum atomic E-state index is 10.7. The Hall–Kier alpha value is -1.97. The van der Waals surface area contributed by atoms with Gasteiger partial charge in [0.05, 0.1) is 13.2 Å². The molecule has 0 saturated heterocycles. The number of benzene rings is 1. The topological polar surface area (TPSA) is 55.8 Å². The van der Waals surface area contributed by atoms with Crippen molar-refractivity contribution in [3.05, 3.63) is 29.8 Å². The molecule has 0 atom stereocenters. The fourth-order valence-corrected chi connectivity index (χ4v) is 2.57. The Kier molecular flexibility index (Phi) is 5.26. The lowest BCUT2D eigenvalue weighted by Crippen LogP contribution is -2.23. The number of carboxylic acid groups (broad SMARTS) is 1. The van der Waals surface area contributed by atoms with Crippen LogP contribution in [0.3, 0.4) is 0 Å². The highest BCUT2D eigenvalue weighted by Gasteiger charge is 2.20. The first kappa shape index (κ1) is 15.4. The second kappa shape index (κ2) is 7.16. The number of carboxylic acids is 1. The molecule has 0 bridgehead atoms. The summed E-state index contributed by atoms with van der Waals surface area (Å²) >= 11 is 0. The van der Waals surface area contributed by atoms with Crippen molar-refractivity contribution in [1.82, 2.24) is 0 Å². The second-order valence-electron chi connectivity index (χ2n) is 5.58. The van der Waals surface area contributed by atoms with Gasteiger partial charge in [-0.15, -0.1) is 0 Å². The molecule has 1 aliphatic rings. The number of hydrogen-bond donors (Lipinski definition) is 1. The fourth-order valence-electron chi connectivity index (χ4n) is 2.57. The van der Waals surface area contributed by atoms with Gasteiger partial charge in [-0.3, -0.25) is 0 Å². The molecule has 0 heterocycles. The highest BCUT2D eigenvalue weighted by atomic mass is 16.5. The molecule has 4 heteroatoms. The van der Waals surface area contributed by atoms with E-state index in [2.05, 4.69) is 6.92 Å². The normalized spacial score (nSPS) is 22.2. The third kappa shape index (κ3) is 4.52. The zero-order valence-electron chi connectivity index (χ0n) is 12.5. The van der Waals surface area contributed by atoms with Crippen molar-refractivity contribution in [2.45, 2.75) is 38.7 Å². The van der Waals surface area contributed by atoms with E-state index >= 15 is 0 Å². The lowest BCUT2D eigenvalue weighted by atomic mass is 9.89. The van der Waals surface area contributed by atoms with E-state index in [0.29, 0.717) is 11.5 Å². The van der Waals surface area contributed by atoms with Gasteiger partial charge < -0.3 is 14.6 Å². The van der Waals surface area contributed by atoms with Crippen LogP contribution in [0.2, 0.25) is 0 Å².